The highest BCUT2D eigenvalue weighted by atomic mass is 35.5. The molecule has 0 saturated heterocycles. The zero-order valence-electron chi connectivity index (χ0n) is 8.81. The minimum atomic E-state index is 0.611. The van der Waals surface area contributed by atoms with Gasteiger partial charge in [-0.2, -0.15) is 5.10 Å². The van der Waals surface area contributed by atoms with Crippen molar-refractivity contribution >= 4 is 28.2 Å². The molecule has 2 aromatic heterocycles. The molecule has 84 valence electrons. The monoisotopic (exact) mass is 244 g/mol. The number of anilines is 1. The van der Waals surface area contributed by atoms with Gasteiger partial charge in [-0.15, -0.1) is 0 Å². The van der Waals surface area contributed by atoms with Crippen LogP contribution in [0.25, 0.3) is 22.0 Å². The Labute approximate surface area is 102 Å². The maximum atomic E-state index is 6.00. The van der Waals surface area contributed by atoms with Gasteiger partial charge in [0, 0.05) is 34.6 Å². The number of nitrogen functional groups attached to an aromatic ring is 1. The summed E-state index contributed by atoms with van der Waals surface area (Å²) in [7, 11) is 0. The molecule has 0 saturated carbocycles. The average molecular weight is 245 g/mol. The second kappa shape index (κ2) is 3.75. The highest BCUT2D eigenvalue weighted by Gasteiger charge is 2.06. The van der Waals surface area contributed by atoms with E-state index in [0.29, 0.717) is 10.7 Å². The zero-order chi connectivity index (χ0) is 11.8. The van der Waals surface area contributed by atoms with Crippen molar-refractivity contribution in [3.8, 4) is 11.1 Å². The molecule has 4 nitrogen and oxygen atoms in total. The molecule has 3 aromatic rings. The van der Waals surface area contributed by atoms with Crippen molar-refractivity contribution in [3.63, 3.8) is 0 Å². The van der Waals surface area contributed by atoms with Gasteiger partial charge >= 0.3 is 0 Å². The second-order valence-corrected chi connectivity index (χ2v) is 4.21. The van der Waals surface area contributed by atoms with Gasteiger partial charge in [-0.3, -0.25) is 10.1 Å². The number of rotatable bonds is 1. The standard InChI is InChI=1S/C12H9ClN4/c13-9-1-7-2-10(8-4-16-17-5-8)11(14)3-12(7)15-6-9/h1-6H,14H2,(H,16,17). The Morgan fingerprint density at radius 3 is 2.82 bits per heavy atom. The third-order valence-corrected chi connectivity index (χ3v) is 2.84. The summed E-state index contributed by atoms with van der Waals surface area (Å²) in [4.78, 5) is 4.23. The molecule has 0 atom stereocenters. The van der Waals surface area contributed by atoms with E-state index in [1.54, 1.807) is 18.6 Å². The van der Waals surface area contributed by atoms with Crippen LogP contribution in [0, 0.1) is 0 Å². The van der Waals surface area contributed by atoms with E-state index in [4.69, 9.17) is 17.3 Å². The van der Waals surface area contributed by atoms with Gasteiger partial charge < -0.3 is 5.73 Å². The van der Waals surface area contributed by atoms with Gasteiger partial charge in [-0.25, -0.2) is 0 Å². The van der Waals surface area contributed by atoms with E-state index in [1.807, 2.05) is 18.2 Å². The van der Waals surface area contributed by atoms with E-state index in [9.17, 15) is 0 Å². The topological polar surface area (TPSA) is 67.6 Å². The number of hydrogen-bond acceptors (Lipinski definition) is 3. The number of aromatic nitrogens is 3. The maximum Gasteiger partial charge on any atom is 0.0724 e. The highest BCUT2D eigenvalue weighted by molar-refractivity contribution is 6.31. The lowest BCUT2D eigenvalue weighted by atomic mass is 10.0. The van der Waals surface area contributed by atoms with Gasteiger partial charge in [0.1, 0.15) is 0 Å². The first kappa shape index (κ1) is 10.1. The lowest BCUT2D eigenvalue weighted by Crippen LogP contribution is -1.91. The number of hydrogen-bond donors (Lipinski definition) is 2. The van der Waals surface area contributed by atoms with Crippen LogP contribution in [0.5, 0.6) is 0 Å². The van der Waals surface area contributed by atoms with E-state index in [0.717, 1.165) is 22.0 Å². The number of aromatic amines is 1. The minimum absolute atomic E-state index is 0.611. The number of pyridine rings is 1. The van der Waals surface area contributed by atoms with Crippen molar-refractivity contribution in [3.05, 3.63) is 41.8 Å². The summed E-state index contributed by atoms with van der Waals surface area (Å²) in [6, 6.07) is 5.68. The largest absolute Gasteiger partial charge is 0.398 e. The van der Waals surface area contributed by atoms with Gasteiger partial charge in [-0.05, 0) is 18.2 Å². The van der Waals surface area contributed by atoms with Crippen LogP contribution in [-0.4, -0.2) is 15.2 Å². The molecule has 2 heterocycles. The molecular weight excluding hydrogens is 236 g/mol. The number of halogens is 1. The summed E-state index contributed by atoms with van der Waals surface area (Å²) < 4.78 is 0. The summed E-state index contributed by atoms with van der Waals surface area (Å²) >= 11 is 5.92. The minimum Gasteiger partial charge on any atom is -0.398 e. The SMILES string of the molecule is Nc1cc2ncc(Cl)cc2cc1-c1cn[nH]c1. The van der Waals surface area contributed by atoms with E-state index >= 15 is 0 Å². The Balaban J connectivity index is 2.29. The van der Waals surface area contributed by atoms with Crippen molar-refractivity contribution in [1.82, 2.24) is 15.2 Å². The van der Waals surface area contributed by atoms with E-state index < -0.39 is 0 Å². The Kier molecular flexibility index (Phi) is 2.23. The predicted molar refractivity (Wildman–Crippen MR) is 68.7 cm³/mol. The second-order valence-electron chi connectivity index (χ2n) is 3.77. The average Bonchev–Trinajstić information content (AvgIpc) is 2.82. The van der Waals surface area contributed by atoms with Gasteiger partial charge in [-0.1, -0.05) is 11.6 Å². The van der Waals surface area contributed by atoms with E-state index in [2.05, 4.69) is 15.2 Å². The molecule has 0 bridgehead atoms. The van der Waals surface area contributed by atoms with Crippen LogP contribution in [0.15, 0.2) is 36.8 Å². The quantitative estimate of drug-likeness (QED) is 0.647. The number of fused-ring (bicyclic) bond motifs is 1. The van der Waals surface area contributed by atoms with Crippen LogP contribution in [0.4, 0.5) is 5.69 Å². The smallest absolute Gasteiger partial charge is 0.0724 e. The predicted octanol–water partition coefficient (Wildman–Crippen LogP) is 2.86. The van der Waals surface area contributed by atoms with E-state index in [-0.39, 0.29) is 0 Å². The third-order valence-electron chi connectivity index (χ3n) is 2.63. The first-order valence-electron chi connectivity index (χ1n) is 5.08. The number of nitrogens with zero attached hydrogens (tertiary/aromatic N) is 2. The summed E-state index contributed by atoms with van der Waals surface area (Å²) in [5, 5.41) is 8.26. The van der Waals surface area contributed by atoms with E-state index in [1.165, 1.54) is 0 Å². The number of nitrogens with two attached hydrogens (primary N) is 1. The fourth-order valence-corrected chi connectivity index (χ4v) is 1.98. The Bertz CT molecular complexity index is 676. The first-order chi connectivity index (χ1) is 8.24. The van der Waals surface area contributed by atoms with Crippen molar-refractivity contribution < 1.29 is 0 Å². The summed E-state index contributed by atoms with van der Waals surface area (Å²) in [5.74, 6) is 0. The van der Waals surface area contributed by atoms with Crippen LogP contribution in [-0.2, 0) is 0 Å². The van der Waals surface area contributed by atoms with Crippen LogP contribution >= 0.6 is 11.6 Å². The summed E-state index contributed by atoms with van der Waals surface area (Å²) in [6.07, 6.45) is 5.14. The summed E-state index contributed by atoms with van der Waals surface area (Å²) in [6.45, 7) is 0. The Hall–Kier alpha value is -2.07. The van der Waals surface area contributed by atoms with Crippen LogP contribution in [0.2, 0.25) is 5.02 Å². The highest BCUT2D eigenvalue weighted by Crippen LogP contribution is 2.30. The molecule has 1 aromatic carbocycles. The molecule has 0 spiro atoms. The molecular formula is C12H9ClN4. The van der Waals surface area contributed by atoms with Crippen molar-refractivity contribution in [2.45, 2.75) is 0 Å². The molecule has 0 aliphatic rings. The summed E-state index contributed by atoms with van der Waals surface area (Å²) in [5.41, 5.74) is 9.38. The fraction of sp³-hybridized carbons (Fsp3) is 0. The number of H-pyrrole nitrogens is 1. The molecule has 5 heteroatoms. The maximum absolute atomic E-state index is 6.00. The van der Waals surface area contributed by atoms with Gasteiger partial charge in [0.15, 0.2) is 0 Å². The van der Waals surface area contributed by atoms with Gasteiger partial charge in [0.2, 0.25) is 0 Å². The third kappa shape index (κ3) is 1.72. The molecule has 0 fully saturated rings. The van der Waals surface area contributed by atoms with Crippen molar-refractivity contribution in [2.24, 2.45) is 0 Å². The Morgan fingerprint density at radius 1 is 1.18 bits per heavy atom. The molecule has 0 amide bonds. The number of benzene rings is 1. The first-order valence-corrected chi connectivity index (χ1v) is 5.46. The lowest BCUT2D eigenvalue weighted by molar-refractivity contribution is 1.09. The zero-order valence-corrected chi connectivity index (χ0v) is 9.57. The van der Waals surface area contributed by atoms with Crippen molar-refractivity contribution in [2.75, 3.05) is 5.73 Å². The molecule has 0 aliphatic heterocycles. The molecule has 17 heavy (non-hydrogen) atoms. The van der Waals surface area contributed by atoms with Crippen LogP contribution < -0.4 is 5.73 Å². The molecule has 3 N–H and O–H groups in total. The molecule has 0 unspecified atom stereocenters. The fourth-order valence-electron chi connectivity index (χ4n) is 1.81. The Morgan fingerprint density at radius 2 is 2.06 bits per heavy atom. The van der Waals surface area contributed by atoms with Crippen LogP contribution in [0.3, 0.4) is 0 Å². The van der Waals surface area contributed by atoms with Gasteiger partial charge in [0.05, 0.1) is 16.7 Å². The van der Waals surface area contributed by atoms with Crippen LogP contribution in [0.1, 0.15) is 0 Å². The van der Waals surface area contributed by atoms with Crippen molar-refractivity contribution in [1.29, 1.82) is 0 Å². The molecule has 0 aliphatic carbocycles. The normalized spacial score (nSPS) is 10.9. The van der Waals surface area contributed by atoms with Gasteiger partial charge in [0.25, 0.3) is 0 Å². The number of nitrogens with one attached hydrogen (secondary N) is 1. The lowest BCUT2D eigenvalue weighted by Gasteiger charge is -2.05. The molecule has 0 radical (unpaired) electrons. The molecule has 3 rings (SSSR count).